The smallest absolute Gasteiger partial charge is 0.00966 e. The Labute approximate surface area is 135 Å². The van der Waals surface area contributed by atoms with Crippen LogP contribution in [0.25, 0.3) is 0 Å². The van der Waals surface area contributed by atoms with Gasteiger partial charge in [0.05, 0.1) is 0 Å². The third kappa shape index (κ3) is 5.10. The van der Waals surface area contributed by atoms with E-state index in [1.807, 2.05) is 11.3 Å². The molecule has 0 aromatic carbocycles. The molecule has 21 heavy (non-hydrogen) atoms. The van der Waals surface area contributed by atoms with E-state index in [-0.39, 0.29) is 5.54 Å². The molecule has 1 fully saturated rings. The van der Waals surface area contributed by atoms with Crippen molar-refractivity contribution >= 4 is 11.3 Å². The molecule has 1 N–H and O–H groups in total. The second-order valence-electron chi connectivity index (χ2n) is 7.91. The summed E-state index contributed by atoms with van der Waals surface area (Å²) in [4.78, 5) is 3.10. The van der Waals surface area contributed by atoms with Crippen molar-refractivity contribution in [2.75, 3.05) is 6.54 Å². The summed E-state index contributed by atoms with van der Waals surface area (Å²) in [5, 5.41) is 3.75. The fourth-order valence-corrected chi connectivity index (χ4v) is 4.76. The number of nitrogens with one attached hydrogen (secondary N) is 1. The Hall–Kier alpha value is -0.340. The fraction of sp³-hybridized carbons (Fsp3) is 0.789. The average Bonchev–Trinajstić information content (AvgIpc) is 2.83. The molecular weight excluding hydrogens is 274 g/mol. The molecule has 3 unspecified atom stereocenters. The Kier molecular flexibility index (Phi) is 5.90. The first-order valence-corrected chi connectivity index (χ1v) is 9.52. The summed E-state index contributed by atoms with van der Waals surface area (Å²) in [6, 6.07) is 4.70. The second-order valence-corrected chi connectivity index (χ2v) is 9.23. The van der Waals surface area contributed by atoms with E-state index in [1.54, 1.807) is 4.88 Å². The predicted octanol–water partition coefficient (Wildman–Crippen LogP) is 5.74. The van der Waals surface area contributed by atoms with Crippen molar-refractivity contribution in [2.45, 2.75) is 78.2 Å². The van der Waals surface area contributed by atoms with E-state index in [2.05, 4.69) is 52.1 Å². The van der Waals surface area contributed by atoms with E-state index in [4.69, 9.17) is 0 Å². The predicted molar refractivity (Wildman–Crippen MR) is 95.3 cm³/mol. The monoisotopic (exact) mass is 307 g/mol. The molecule has 1 aliphatic rings. The van der Waals surface area contributed by atoms with Crippen molar-refractivity contribution < 1.29 is 0 Å². The molecule has 1 aromatic heterocycles. The molecule has 0 bridgehead atoms. The normalized spacial score (nSPS) is 27.0. The lowest BCUT2D eigenvalue weighted by Gasteiger charge is -2.37. The SMILES string of the molecule is CCCC1CCC(CNC(C)(C)C)C(c2ccc(C)s2)C1. The molecule has 1 aromatic rings. The maximum absolute atomic E-state index is 3.75. The zero-order valence-electron chi connectivity index (χ0n) is 14.5. The van der Waals surface area contributed by atoms with Crippen LogP contribution in [-0.4, -0.2) is 12.1 Å². The van der Waals surface area contributed by atoms with E-state index in [1.165, 1.54) is 43.5 Å². The summed E-state index contributed by atoms with van der Waals surface area (Å²) in [5.41, 5.74) is 0.232. The van der Waals surface area contributed by atoms with E-state index in [0.717, 1.165) is 17.8 Å². The van der Waals surface area contributed by atoms with Crippen molar-refractivity contribution in [1.82, 2.24) is 5.32 Å². The van der Waals surface area contributed by atoms with Crippen molar-refractivity contribution in [3.63, 3.8) is 0 Å². The highest BCUT2D eigenvalue weighted by Crippen LogP contribution is 2.44. The second kappa shape index (κ2) is 7.28. The Morgan fingerprint density at radius 1 is 1.24 bits per heavy atom. The summed E-state index contributed by atoms with van der Waals surface area (Å²) < 4.78 is 0. The van der Waals surface area contributed by atoms with Crippen LogP contribution in [0.5, 0.6) is 0 Å². The van der Waals surface area contributed by atoms with E-state index in [0.29, 0.717) is 0 Å². The number of aryl methyl sites for hydroxylation is 1. The molecule has 1 aliphatic carbocycles. The largest absolute Gasteiger partial charge is 0.312 e. The molecule has 2 heteroatoms. The first-order chi connectivity index (χ1) is 9.89. The third-order valence-corrected chi connectivity index (χ3v) is 5.95. The van der Waals surface area contributed by atoms with Crippen molar-refractivity contribution in [3.8, 4) is 0 Å². The highest BCUT2D eigenvalue weighted by Gasteiger charge is 2.32. The van der Waals surface area contributed by atoms with Gasteiger partial charge < -0.3 is 5.32 Å². The van der Waals surface area contributed by atoms with Gasteiger partial charge in [0.1, 0.15) is 0 Å². The Balaban J connectivity index is 2.06. The summed E-state index contributed by atoms with van der Waals surface area (Å²) in [5.74, 6) is 2.55. The molecule has 120 valence electrons. The Morgan fingerprint density at radius 2 is 2.00 bits per heavy atom. The van der Waals surface area contributed by atoms with Crippen LogP contribution in [-0.2, 0) is 0 Å². The van der Waals surface area contributed by atoms with E-state index < -0.39 is 0 Å². The molecule has 1 nitrogen and oxygen atoms in total. The minimum atomic E-state index is 0.232. The van der Waals surface area contributed by atoms with Crippen LogP contribution in [0.4, 0.5) is 0 Å². The van der Waals surface area contributed by atoms with Crippen LogP contribution in [0.2, 0.25) is 0 Å². The molecule has 0 radical (unpaired) electrons. The van der Waals surface area contributed by atoms with Crippen molar-refractivity contribution in [3.05, 3.63) is 21.9 Å². The summed E-state index contributed by atoms with van der Waals surface area (Å²) in [6.07, 6.45) is 7.00. The molecule has 0 amide bonds. The lowest BCUT2D eigenvalue weighted by atomic mass is 9.72. The highest BCUT2D eigenvalue weighted by atomic mass is 32.1. The van der Waals surface area contributed by atoms with Crippen LogP contribution < -0.4 is 5.32 Å². The molecule has 1 saturated carbocycles. The quantitative estimate of drug-likeness (QED) is 0.731. The standard InChI is InChI=1S/C19H33NS/c1-6-7-15-9-10-16(13-20-19(3,4)5)17(12-15)18-11-8-14(2)21-18/h8,11,15-17,20H,6-7,9-10,12-13H2,1-5H3. The van der Waals surface area contributed by atoms with Gasteiger partial charge in [-0.3, -0.25) is 0 Å². The molecule has 1 heterocycles. The Bertz CT molecular complexity index is 429. The summed E-state index contributed by atoms with van der Waals surface area (Å²) in [7, 11) is 0. The average molecular weight is 308 g/mol. The molecule has 0 saturated heterocycles. The van der Waals surface area contributed by atoms with Crippen LogP contribution >= 0.6 is 11.3 Å². The van der Waals surface area contributed by atoms with Gasteiger partial charge in [-0.1, -0.05) is 26.2 Å². The number of thiophene rings is 1. The minimum absolute atomic E-state index is 0.232. The van der Waals surface area contributed by atoms with Crippen LogP contribution in [0.15, 0.2) is 12.1 Å². The van der Waals surface area contributed by atoms with Gasteiger partial charge in [0.15, 0.2) is 0 Å². The maximum atomic E-state index is 3.75. The van der Waals surface area contributed by atoms with Gasteiger partial charge in [-0.25, -0.2) is 0 Å². The Morgan fingerprint density at radius 3 is 2.57 bits per heavy atom. The third-order valence-electron chi connectivity index (χ3n) is 4.82. The number of hydrogen-bond donors (Lipinski definition) is 1. The molecule has 3 atom stereocenters. The van der Waals surface area contributed by atoms with Gasteiger partial charge in [-0.2, -0.15) is 0 Å². The van der Waals surface area contributed by atoms with E-state index >= 15 is 0 Å². The van der Waals surface area contributed by atoms with Crippen LogP contribution in [0, 0.1) is 18.8 Å². The first kappa shape index (κ1) is 17.0. The lowest BCUT2D eigenvalue weighted by molar-refractivity contribution is 0.211. The van der Waals surface area contributed by atoms with Crippen molar-refractivity contribution in [2.24, 2.45) is 11.8 Å². The molecule has 0 spiro atoms. The molecule has 2 rings (SSSR count). The highest BCUT2D eigenvalue weighted by molar-refractivity contribution is 7.12. The lowest BCUT2D eigenvalue weighted by Crippen LogP contribution is -2.41. The van der Waals surface area contributed by atoms with Crippen LogP contribution in [0.3, 0.4) is 0 Å². The number of rotatable bonds is 5. The molecular formula is C19H33NS. The van der Waals surface area contributed by atoms with Gasteiger partial charge in [0, 0.05) is 15.3 Å². The zero-order chi connectivity index (χ0) is 15.5. The fourth-order valence-electron chi connectivity index (χ4n) is 3.67. The minimum Gasteiger partial charge on any atom is -0.312 e. The summed E-state index contributed by atoms with van der Waals surface area (Å²) in [6.45, 7) is 12.6. The first-order valence-electron chi connectivity index (χ1n) is 8.70. The summed E-state index contributed by atoms with van der Waals surface area (Å²) >= 11 is 2.02. The van der Waals surface area contributed by atoms with Crippen LogP contribution in [0.1, 0.15) is 75.5 Å². The topological polar surface area (TPSA) is 12.0 Å². The van der Waals surface area contributed by atoms with Gasteiger partial charge in [0.25, 0.3) is 0 Å². The van der Waals surface area contributed by atoms with Gasteiger partial charge >= 0.3 is 0 Å². The maximum Gasteiger partial charge on any atom is 0.00966 e. The van der Waals surface area contributed by atoms with E-state index in [9.17, 15) is 0 Å². The zero-order valence-corrected chi connectivity index (χ0v) is 15.4. The van der Waals surface area contributed by atoms with Gasteiger partial charge in [-0.15, -0.1) is 11.3 Å². The van der Waals surface area contributed by atoms with Gasteiger partial charge in [-0.05, 0) is 77.0 Å². The van der Waals surface area contributed by atoms with Gasteiger partial charge in [0.2, 0.25) is 0 Å². The van der Waals surface area contributed by atoms with Crippen molar-refractivity contribution in [1.29, 1.82) is 0 Å². The molecule has 0 aliphatic heterocycles. The number of hydrogen-bond acceptors (Lipinski definition) is 2.